The van der Waals surface area contributed by atoms with E-state index in [0.717, 1.165) is 3.57 Å². The van der Waals surface area contributed by atoms with Crippen LogP contribution in [0.15, 0.2) is 53.4 Å². The molecule has 0 radical (unpaired) electrons. The van der Waals surface area contributed by atoms with Gasteiger partial charge < -0.3 is 5.32 Å². The van der Waals surface area contributed by atoms with Gasteiger partial charge in [0.2, 0.25) is 0 Å². The van der Waals surface area contributed by atoms with Crippen LogP contribution in [0.25, 0.3) is 0 Å². The number of nitrogens with one attached hydrogen (secondary N) is 1. The molecule has 0 bridgehead atoms. The first-order valence-electron chi connectivity index (χ1n) is 6.21. The quantitative estimate of drug-likeness (QED) is 0.527. The summed E-state index contributed by atoms with van der Waals surface area (Å²) in [4.78, 5) is 12.6. The highest BCUT2D eigenvalue weighted by Gasteiger charge is 2.27. The third-order valence-electron chi connectivity index (χ3n) is 2.61. The highest BCUT2D eigenvalue weighted by atomic mass is 127. The summed E-state index contributed by atoms with van der Waals surface area (Å²) in [6, 6.07) is 13.4. The Hall–Kier alpha value is -1.22. The molecule has 0 aliphatic carbocycles. The lowest BCUT2D eigenvalue weighted by Gasteiger charge is -2.12. The van der Waals surface area contributed by atoms with Gasteiger partial charge in [-0.3, -0.25) is 4.79 Å². The number of hydrogen-bond donors (Lipinski definition) is 1. The van der Waals surface area contributed by atoms with Gasteiger partial charge in [0.15, 0.2) is 0 Å². The van der Waals surface area contributed by atoms with E-state index in [0.29, 0.717) is 27.9 Å². The molecule has 0 aliphatic heterocycles. The van der Waals surface area contributed by atoms with Gasteiger partial charge in [0.1, 0.15) is 0 Å². The topological polar surface area (TPSA) is 29.1 Å². The summed E-state index contributed by atoms with van der Waals surface area (Å²) in [5, 5.41) is 2.66. The molecule has 116 valence electrons. The van der Waals surface area contributed by atoms with E-state index in [4.69, 9.17) is 0 Å². The lowest BCUT2D eigenvalue weighted by Crippen LogP contribution is -2.14. The van der Waals surface area contributed by atoms with Gasteiger partial charge in [-0.2, -0.15) is 13.2 Å². The summed E-state index contributed by atoms with van der Waals surface area (Å²) >= 11 is 2.74. The third kappa shape index (κ3) is 5.20. The Bertz CT molecular complexity index is 676. The van der Waals surface area contributed by atoms with Crippen LogP contribution in [0.4, 0.5) is 18.9 Å². The molecule has 0 spiro atoms. The van der Waals surface area contributed by atoms with Crippen molar-refractivity contribution in [2.75, 3.05) is 11.1 Å². The predicted octanol–water partition coefficient (Wildman–Crippen LogP) is 5.20. The molecule has 0 saturated heterocycles. The van der Waals surface area contributed by atoms with Gasteiger partial charge in [0.25, 0.3) is 5.91 Å². The minimum absolute atomic E-state index is 0.349. The van der Waals surface area contributed by atoms with E-state index in [-0.39, 0.29) is 5.91 Å². The van der Waals surface area contributed by atoms with Crippen LogP contribution in [-0.4, -0.2) is 17.8 Å². The summed E-state index contributed by atoms with van der Waals surface area (Å²) in [7, 11) is 0. The summed E-state index contributed by atoms with van der Waals surface area (Å²) < 4.78 is 37.9. The number of carbonyl (C=O) groups is 1. The van der Waals surface area contributed by atoms with Crippen molar-refractivity contribution in [3.05, 3.63) is 57.7 Å². The minimum Gasteiger partial charge on any atom is -0.321 e. The molecular weight excluding hydrogens is 426 g/mol. The highest BCUT2D eigenvalue weighted by molar-refractivity contribution is 14.1. The van der Waals surface area contributed by atoms with Crippen molar-refractivity contribution in [1.29, 1.82) is 0 Å². The number of anilines is 1. The first-order valence-corrected chi connectivity index (χ1v) is 8.27. The summed E-state index contributed by atoms with van der Waals surface area (Å²) in [5.41, 5.74) is 0.836. The zero-order valence-electron chi connectivity index (χ0n) is 11.2. The van der Waals surface area contributed by atoms with Crippen LogP contribution in [0.3, 0.4) is 0 Å². The molecule has 0 aliphatic rings. The van der Waals surface area contributed by atoms with Gasteiger partial charge in [-0.25, -0.2) is 0 Å². The van der Waals surface area contributed by atoms with E-state index in [9.17, 15) is 18.0 Å². The van der Waals surface area contributed by atoms with Crippen LogP contribution in [-0.2, 0) is 0 Å². The summed E-state index contributed by atoms with van der Waals surface area (Å²) in [5.74, 6) is -1.35. The Morgan fingerprint density at radius 1 is 1.14 bits per heavy atom. The number of carbonyl (C=O) groups excluding carboxylic acids is 1. The molecule has 0 fully saturated rings. The average molecular weight is 437 g/mol. The predicted molar refractivity (Wildman–Crippen MR) is 90.3 cm³/mol. The van der Waals surface area contributed by atoms with Crippen LogP contribution in [0.1, 0.15) is 10.4 Å². The molecule has 1 amide bonds. The van der Waals surface area contributed by atoms with Crippen molar-refractivity contribution in [1.82, 2.24) is 0 Å². The van der Waals surface area contributed by atoms with Crippen molar-refractivity contribution < 1.29 is 18.0 Å². The Balaban J connectivity index is 2.14. The van der Waals surface area contributed by atoms with Crippen LogP contribution in [0.2, 0.25) is 0 Å². The second-order valence-corrected chi connectivity index (χ2v) is 6.63. The number of halogens is 4. The van der Waals surface area contributed by atoms with E-state index < -0.39 is 11.9 Å². The van der Waals surface area contributed by atoms with Gasteiger partial charge in [0, 0.05) is 14.0 Å². The lowest BCUT2D eigenvalue weighted by atomic mass is 10.2. The Morgan fingerprint density at radius 3 is 2.55 bits per heavy atom. The number of rotatable bonds is 4. The van der Waals surface area contributed by atoms with Crippen LogP contribution >= 0.6 is 34.4 Å². The first-order chi connectivity index (χ1) is 10.3. The fourth-order valence-corrected chi connectivity index (χ4v) is 2.99. The molecule has 0 saturated carbocycles. The van der Waals surface area contributed by atoms with Gasteiger partial charge in [-0.15, -0.1) is 11.8 Å². The van der Waals surface area contributed by atoms with E-state index in [1.54, 1.807) is 42.5 Å². The Morgan fingerprint density at radius 2 is 1.86 bits per heavy atom. The summed E-state index contributed by atoms with van der Waals surface area (Å²) in [6.45, 7) is 0. The second kappa shape index (κ2) is 7.36. The van der Waals surface area contributed by atoms with Crippen molar-refractivity contribution >= 4 is 45.9 Å². The molecule has 2 aromatic rings. The fourth-order valence-electron chi connectivity index (χ4n) is 1.68. The lowest BCUT2D eigenvalue weighted by molar-refractivity contribution is -0.105. The first kappa shape index (κ1) is 17.1. The number of benzene rings is 2. The van der Waals surface area contributed by atoms with Gasteiger partial charge in [-0.1, -0.05) is 18.2 Å². The van der Waals surface area contributed by atoms with Crippen molar-refractivity contribution in [2.45, 2.75) is 11.1 Å². The smallest absolute Gasteiger partial charge is 0.321 e. The molecule has 0 atom stereocenters. The summed E-state index contributed by atoms with van der Waals surface area (Å²) in [6.07, 6.45) is -4.25. The molecule has 0 aromatic heterocycles. The molecule has 1 N–H and O–H groups in total. The third-order valence-corrected chi connectivity index (χ3v) is 4.42. The Kier molecular flexibility index (Phi) is 5.74. The SMILES string of the molecule is O=C(Nc1ccccc1SCC(F)(F)F)c1cccc(I)c1. The molecule has 0 heterocycles. The average Bonchev–Trinajstić information content (AvgIpc) is 2.45. The van der Waals surface area contributed by atoms with Crippen molar-refractivity contribution in [3.8, 4) is 0 Å². The van der Waals surface area contributed by atoms with Crippen LogP contribution in [0.5, 0.6) is 0 Å². The van der Waals surface area contributed by atoms with E-state index >= 15 is 0 Å². The standard InChI is InChI=1S/C15H11F3INOS/c16-15(17,18)9-22-13-7-2-1-6-12(13)20-14(21)10-4-3-5-11(19)8-10/h1-8H,9H2,(H,20,21). The second-order valence-electron chi connectivity index (χ2n) is 4.36. The maximum atomic E-state index is 12.3. The monoisotopic (exact) mass is 437 g/mol. The van der Waals surface area contributed by atoms with Gasteiger partial charge >= 0.3 is 6.18 Å². The van der Waals surface area contributed by atoms with E-state index in [1.807, 2.05) is 6.07 Å². The number of thioether (sulfide) groups is 1. The molecule has 7 heteroatoms. The number of amides is 1. The van der Waals surface area contributed by atoms with E-state index in [2.05, 4.69) is 27.9 Å². The van der Waals surface area contributed by atoms with Gasteiger partial charge in [0.05, 0.1) is 11.4 Å². The molecule has 2 nitrogen and oxygen atoms in total. The Labute approximate surface area is 143 Å². The van der Waals surface area contributed by atoms with Crippen molar-refractivity contribution in [3.63, 3.8) is 0 Å². The van der Waals surface area contributed by atoms with E-state index in [1.165, 1.54) is 0 Å². The van der Waals surface area contributed by atoms with Crippen molar-refractivity contribution in [2.24, 2.45) is 0 Å². The minimum atomic E-state index is -4.25. The number of hydrogen-bond acceptors (Lipinski definition) is 2. The normalized spacial score (nSPS) is 11.3. The fraction of sp³-hybridized carbons (Fsp3) is 0.133. The molecule has 0 unspecified atom stereocenters. The zero-order chi connectivity index (χ0) is 16.2. The van der Waals surface area contributed by atoms with Crippen LogP contribution in [0, 0.1) is 3.57 Å². The largest absolute Gasteiger partial charge is 0.398 e. The van der Waals surface area contributed by atoms with Crippen LogP contribution < -0.4 is 5.32 Å². The molecule has 2 rings (SSSR count). The number of alkyl halides is 3. The molecule has 22 heavy (non-hydrogen) atoms. The maximum Gasteiger partial charge on any atom is 0.398 e. The zero-order valence-corrected chi connectivity index (χ0v) is 14.1. The van der Waals surface area contributed by atoms with Gasteiger partial charge in [-0.05, 0) is 52.9 Å². The highest BCUT2D eigenvalue weighted by Crippen LogP contribution is 2.32. The molecular formula is C15H11F3INOS. The maximum absolute atomic E-state index is 12.3. The molecule has 2 aromatic carbocycles. The number of para-hydroxylation sites is 1.